The first-order valence-electron chi connectivity index (χ1n) is 17.8. The van der Waals surface area contributed by atoms with Crippen molar-refractivity contribution in [2.24, 2.45) is 16.2 Å². The van der Waals surface area contributed by atoms with Crippen molar-refractivity contribution < 1.29 is 45.6 Å². The van der Waals surface area contributed by atoms with E-state index in [9.17, 15) is 45.6 Å². The van der Waals surface area contributed by atoms with Crippen LogP contribution in [-0.2, 0) is 39.2 Å². The van der Waals surface area contributed by atoms with Crippen molar-refractivity contribution in [1.82, 2.24) is 9.80 Å². The lowest BCUT2D eigenvalue weighted by Gasteiger charge is -2.41. The van der Waals surface area contributed by atoms with Crippen LogP contribution in [0.15, 0.2) is 94.3 Å². The summed E-state index contributed by atoms with van der Waals surface area (Å²) in [5, 5.41) is 10.8. The number of nitrogens with zero attached hydrogens (tertiary/aromatic N) is 4. The van der Waals surface area contributed by atoms with Crippen molar-refractivity contribution in [1.29, 1.82) is 0 Å². The third-order valence-electron chi connectivity index (χ3n) is 10.2. The van der Waals surface area contributed by atoms with Crippen LogP contribution in [-0.4, -0.2) is 74.4 Å². The van der Waals surface area contributed by atoms with E-state index in [-0.39, 0.29) is 11.4 Å². The van der Waals surface area contributed by atoms with Gasteiger partial charge in [0.1, 0.15) is 21.3 Å². The number of sulfonamides is 2. The van der Waals surface area contributed by atoms with Crippen molar-refractivity contribution in [3.63, 3.8) is 0 Å². The highest BCUT2D eigenvalue weighted by Crippen LogP contribution is 2.36. The van der Waals surface area contributed by atoms with Crippen LogP contribution in [0.4, 0.5) is 21.0 Å². The van der Waals surface area contributed by atoms with E-state index in [1.807, 2.05) is 0 Å². The van der Waals surface area contributed by atoms with Gasteiger partial charge in [0.2, 0.25) is 26.0 Å². The number of primary sulfonamides is 2. The highest BCUT2D eigenvalue weighted by atomic mass is 32.2. The van der Waals surface area contributed by atoms with Crippen molar-refractivity contribution in [2.45, 2.75) is 86.1 Å². The zero-order chi connectivity index (χ0) is 39.7. The first kappa shape index (κ1) is 39.4. The fourth-order valence-electron chi connectivity index (χ4n) is 7.55. The molecule has 1 atom stereocenters. The van der Waals surface area contributed by atoms with Crippen LogP contribution < -0.4 is 20.1 Å². The summed E-state index contributed by atoms with van der Waals surface area (Å²) in [6.45, 7) is 0. The average molecular weight is 793 g/mol. The number of hydrogen-bond donors (Lipinski definition) is 2. The van der Waals surface area contributed by atoms with Crippen LogP contribution in [0.2, 0.25) is 0 Å². The maximum absolute atomic E-state index is 13.9. The molecular formula is C37H40N6O10S2. The number of carbonyl (C=O) groups excluding carboxylic acids is 6. The number of hydrogen-bond acceptors (Lipinski definition) is 10. The number of nitrogens with two attached hydrogens (primary N) is 2. The molecule has 16 nitrogen and oxygen atoms in total. The second-order valence-corrected chi connectivity index (χ2v) is 16.8. The average Bonchev–Trinajstić information content (AvgIpc) is 3.14. The first-order chi connectivity index (χ1) is 26.1. The first-order valence-corrected chi connectivity index (χ1v) is 20.9. The molecule has 0 aromatic heterocycles. The van der Waals surface area contributed by atoms with Gasteiger partial charge in [0.05, 0.1) is 11.4 Å². The van der Waals surface area contributed by atoms with E-state index in [2.05, 4.69) is 0 Å². The molecule has 8 amide bonds. The van der Waals surface area contributed by atoms with Gasteiger partial charge in [-0.15, -0.1) is 0 Å². The van der Waals surface area contributed by atoms with Crippen LogP contribution in [0.5, 0.6) is 0 Å². The van der Waals surface area contributed by atoms with Crippen molar-refractivity contribution >= 4 is 67.1 Å². The van der Waals surface area contributed by atoms with Gasteiger partial charge < -0.3 is 0 Å². The van der Waals surface area contributed by atoms with Crippen molar-refractivity contribution in [2.75, 3.05) is 9.80 Å². The quantitative estimate of drug-likeness (QED) is 0.162. The fourth-order valence-corrected chi connectivity index (χ4v) is 8.99. The van der Waals surface area contributed by atoms with Gasteiger partial charge in [-0.2, -0.15) is 0 Å². The Hall–Kier alpha value is -5.30. The Morgan fingerprint density at radius 1 is 0.545 bits per heavy atom. The van der Waals surface area contributed by atoms with E-state index in [4.69, 9.17) is 10.3 Å². The number of amides is 8. The largest absolute Gasteiger partial charge is 0.338 e. The summed E-state index contributed by atoms with van der Waals surface area (Å²) in [7, 11) is -8.80. The Kier molecular flexibility index (Phi) is 11.3. The number of anilines is 2. The Labute approximate surface area is 318 Å². The van der Waals surface area contributed by atoms with E-state index in [0.717, 1.165) is 66.5 Å². The van der Waals surface area contributed by atoms with E-state index in [0.29, 0.717) is 35.5 Å². The summed E-state index contributed by atoms with van der Waals surface area (Å²) in [4.78, 5) is 85.3. The SMILES string of the molecule is NS(=O)(=O)c1ccccc1N1C(=O)/C(=C/C=C/C=C/C2C(=O)N(c3ccccc3S(N)(=O)=O)C(=O)N(C3CCCCC3)C2=O)C(=O)N(C2CCCCC2)C1=O. The maximum atomic E-state index is 13.9. The molecule has 2 aromatic rings. The summed E-state index contributed by atoms with van der Waals surface area (Å²) in [5.41, 5.74) is -1.07. The lowest BCUT2D eigenvalue weighted by Crippen LogP contribution is -2.62. The number of carbonyl (C=O) groups is 6. The monoisotopic (exact) mass is 792 g/mol. The van der Waals surface area contributed by atoms with Gasteiger partial charge in [-0.25, -0.2) is 46.5 Å². The van der Waals surface area contributed by atoms with Gasteiger partial charge >= 0.3 is 12.1 Å². The molecule has 4 fully saturated rings. The molecule has 2 aromatic carbocycles. The van der Waals surface area contributed by atoms with E-state index in [1.54, 1.807) is 0 Å². The number of rotatable bonds is 9. The zero-order valence-corrected chi connectivity index (χ0v) is 31.3. The predicted molar refractivity (Wildman–Crippen MR) is 199 cm³/mol. The molecule has 2 aliphatic heterocycles. The lowest BCUT2D eigenvalue weighted by molar-refractivity contribution is -0.141. The smallest absolute Gasteiger partial charge is 0.273 e. The predicted octanol–water partition coefficient (Wildman–Crippen LogP) is 3.59. The third kappa shape index (κ3) is 7.80. The standard InChI is InChI=1S/C37H40N6O10S2/c38-54(50,51)30-22-12-10-20-28(30)42-34(46)26(32(44)40(36(42)48)24-14-4-1-5-15-24)18-8-3-9-19-27-33(45)41(25-16-6-2-7-17-25)37(49)43(35(27)47)29-21-11-13-23-31(29)55(39,52)53/h3,8-13,18-26H,1-2,4-7,14-17H2,(H2,38,50,51)(H2,39,52,53)/b9-3+,18-8+,27-19+. The molecule has 2 saturated heterocycles. The molecule has 0 bridgehead atoms. The Morgan fingerprint density at radius 3 is 1.55 bits per heavy atom. The van der Waals surface area contributed by atoms with Gasteiger partial charge in [-0.1, -0.05) is 87.1 Å². The molecule has 18 heteroatoms. The molecule has 0 spiro atoms. The number of imide groups is 4. The minimum atomic E-state index is -4.40. The number of urea groups is 2. The van der Waals surface area contributed by atoms with Crippen LogP contribution >= 0.6 is 0 Å². The summed E-state index contributed by atoms with van der Waals surface area (Å²) < 4.78 is 49.8. The van der Waals surface area contributed by atoms with Crippen LogP contribution in [0.25, 0.3) is 0 Å². The second kappa shape index (κ2) is 15.8. The zero-order valence-electron chi connectivity index (χ0n) is 29.7. The fraction of sp³-hybridized carbons (Fsp3) is 0.351. The second-order valence-electron chi connectivity index (χ2n) is 13.7. The molecule has 2 aliphatic carbocycles. The Balaban J connectivity index is 1.35. The third-order valence-corrected chi connectivity index (χ3v) is 12.1. The number of para-hydroxylation sites is 2. The van der Waals surface area contributed by atoms with Crippen molar-refractivity contribution in [3.05, 3.63) is 84.5 Å². The molecule has 290 valence electrons. The molecule has 1 unspecified atom stereocenters. The topological polar surface area (TPSA) is 236 Å². The van der Waals surface area contributed by atoms with Crippen molar-refractivity contribution in [3.8, 4) is 0 Å². The minimum absolute atomic E-state index is 0.299. The van der Waals surface area contributed by atoms with Crippen LogP contribution in [0.3, 0.4) is 0 Å². The molecule has 0 radical (unpaired) electrons. The van der Waals surface area contributed by atoms with Gasteiger partial charge in [0.15, 0.2) is 0 Å². The molecule has 55 heavy (non-hydrogen) atoms. The summed E-state index contributed by atoms with van der Waals surface area (Å²) in [5.74, 6) is -5.33. The van der Waals surface area contributed by atoms with Crippen LogP contribution in [0.1, 0.15) is 64.2 Å². The number of benzene rings is 2. The highest BCUT2D eigenvalue weighted by molar-refractivity contribution is 7.89. The van der Waals surface area contributed by atoms with Gasteiger partial charge in [-0.05, 0) is 56.0 Å². The lowest BCUT2D eigenvalue weighted by atomic mass is 9.91. The molecule has 4 aliphatic rings. The Bertz CT molecular complexity index is 2260. The summed E-state index contributed by atoms with van der Waals surface area (Å²) in [6.07, 6.45) is 13.0. The van der Waals surface area contributed by atoms with E-state index in [1.165, 1.54) is 60.7 Å². The van der Waals surface area contributed by atoms with Crippen LogP contribution in [0, 0.1) is 5.92 Å². The summed E-state index contributed by atoms with van der Waals surface area (Å²) in [6, 6.07) is 7.35. The Morgan fingerprint density at radius 2 is 1.02 bits per heavy atom. The maximum Gasteiger partial charge on any atom is 0.338 e. The highest BCUT2D eigenvalue weighted by Gasteiger charge is 2.49. The minimum Gasteiger partial charge on any atom is -0.273 e. The molecule has 2 saturated carbocycles. The normalized spacial score (nSPS) is 22.3. The van der Waals surface area contributed by atoms with Gasteiger partial charge in [0, 0.05) is 12.1 Å². The van der Waals surface area contributed by atoms with E-state index >= 15 is 0 Å². The van der Waals surface area contributed by atoms with Gasteiger partial charge in [-0.3, -0.25) is 29.0 Å². The molecule has 4 N–H and O–H groups in total. The molecule has 6 rings (SSSR count). The summed E-state index contributed by atoms with van der Waals surface area (Å²) >= 11 is 0. The van der Waals surface area contributed by atoms with E-state index < -0.39 is 89.1 Å². The molecular weight excluding hydrogens is 753 g/mol. The number of allylic oxidation sites excluding steroid dienone is 4. The molecule has 2 heterocycles. The number of barbiturate groups is 2. The van der Waals surface area contributed by atoms with Gasteiger partial charge in [0.25, 0.3) is 17.7 Å².